The Labute approximate surface area is 218 Å². The lowest BCUT2D eigenvalue weighted by atomic mass is 10.0. The summed E-state index contributed by atoms with van der Waals surface area (Å²) in [4.78, 5) is 20.0. The Kier molecular flexibility index (Phi) is 8.25. The standard InChI is InChI=1S/C26H30F2N6O2S/c1-5-16(13-35)20(36)11-30-24-22(25-32-23-15(3)29-10-9-21(23)37-25)14(2)31-26(33-24)34(4)12-17-18(27)7-6-8-19(17)28/h6-10,16,20,35-36H,5,11-13H2,1-4H3,(H,30,31,33)/t16?,20-/m0/s1. The Balaban J connectivity index is 1.75. The second-order valence-electron chi connectivity index (χ2n) is 8.95. The third-order valence-electron chi connectivity index (χ3n) is 6.36. The highest BCUT2D eigenvalue weighted by molar-refractivity contribution is 7.21. The quantitative estimate of drug-likeness (QED) is 0.277. The Morgan fingerprint density at radius 1 is 1.08 bits per heavy atom. The Hall–Kier alpha value is -3.28. The largest absolute Gasteiger partial charge is 0.396 e. The highest BCUT2D eigenvalue weighted by Gasteiger charge is 2.23. The topological polar surface area (TPSA) is 107 Å². The highest BCUT2D eigenvalue weighted by Crippen LogP contribution is 2.37. The maximum atomic E-state index is 14.3. The summed E-state index contributed by atoms with van der Waals surface area (Å²) in [6.45, 7) is 5.54. The number of thiazole rings is 1. The third kappa shape index (κ3) is 5.68. The SMILES string of the molecule is CCC(CO)[C@@H](O)CNc1nc(N(C)Cc2c(F)cccc2F)nc(C)c1-c1nc2c(C)nccc2s1. The molecule has 1 unspecified atom stereocenters. The smallest absolute Gasteiger partial charge is 0.227 e. The van der Waals surface area contributed by atoms with E-state index in [2.05, 4.69) is 20.3 Å². The number of anilines is 2. The van der Waals surface area contributed by atoms with E-state index in [4.69, 9.17) is 4.98 Å². The van der Waals surface area contributed by atoms with Crippen molar-refractivity contribution >= 4 is 33.3 Å². The fourth-order valence-electron chi connectivity index (χ4n) is 4.08. The Morgan fingerprint density at radius 2 is 1.81 bits per heavy atom. The summed E-state index contributed by atoms with van der Waals surface area (Å²) >= 11 is 1.48. The van der Waals surface area contributed by atoms with E-state index in [9.17, 15) is 19.0 Å². The van der Waals surface area contributed by atoms with Crippen molar-refractivity contribution in [3.63, 3.8) is 0 Å². The number of halogens is 2. The molecule has 37 heavy (non-hydrogen) atoms. The molecule has 0 aliphatic heterocycles. The maximum absolute atomic E-state index is 14.3. The molecule has 0 fully saturated rings. The summed E-state index contributed by atoms with van der Waals surface area (Å²) in [5.41, 5.74) is 2.79. The highest BCUT2D eigenvalue weighted by atomic mass is 32.1. The molecule has 0 amide bonds. The van der Waals surface area contributed by atoms with Gasteiger partial charge in [0, 0.05) is 37.9 Å². The van der Waals surface area contributed by atoms with Crippen molar-refractivity contribution in [1.82, 2.24) is 19.9 Å². The zero-order valence-electron chi connectivity index (χ0n) is 21.2. The van der Waals surface area contributed by atoms with Crippen molar-refractivity contribution in [3.05, 3.63) is 59.0 Å². The van der Waals surface area contributed by atoms with Crippen LogP contribution in [-0.2, 0) is 6.54 Å². The maximum Gasteiger partial charge on any atom is 0.227 e. The number of rotatable bonds is 10. The number of nitrogens with zero attached hydrogens (tertiary/aromatic N) is 5. The summed E-state index contributed by atoms with van der Waals surface area (Å²) in [7, 11) is 1.66. The van der Waals surface area contributed by atoms with Crippen LogP contribution >= 0.6 is 11.3 Å². The lowest BCUT2D eigenvalue weighted by Crippen LogP contribution is -2.31. The van der Waals surface area contributed by atoms with E-state index in [0.29, 0.717) is 28.5 Å². The van der Waals surface area contributed by atoms with Gasteiger partial charge in [-0.1, -0.05) is 13.0 Å². The normalized spacial score (nSPS) is 13.1. The first-order valence-corrected chi connectivity index (χ1v) is 12.8. The first-order valence-electron chi connectivity index (χ1n) is 12.0. The van der Waals surface area contributed by atoms with Gasteiger partial charge in [-0.25, -0.2) is 18.7 Å². The second-order valence-corrected chi connectivity index (χ2v) is 9.98. The third-order valence-corrected chi connectivity index (χ3v) is 7.40. The van der Waals surface area contributed by atoms with Gasteiger partial charge >= 0.3 is 0 Å². The molecule has 0 aliphatic carbocycles. The fourth-order valence-corrected chi connectivity index (χ4v) is 5.19. The monoisotopic (exact) mass is 528 g/mol. The average molecular weight is 529 g/mol. The van der Waals surface area contributed by atoms with E-state index in [-0.39, 0.29) is 37.1 Å². The molecular weight excluding hydrogens is 498 g/mol. The molecule has 196 valence electrons. The van der Waals surface area contributed by atoms with Gasteiger partial charge in [-0.3, -0.25) is 4.98 Å². The van der Waals surface area contributed by atoms with Gasteiger partial charge in [0.15, 0.2) is 0 Å². The number of aromatic nitrogens is 4. The van der Waals surface area contributed by atoms with Crippen LogP contribution in [0.25, 0.3) is 20.8 Å². The van der Waals surface area contributed by atoms with Crippen LogP contribution in [0.4, 0.5) is 20.5 Å². The van der Waals surface area contributed by atoms with Crippen molar-refractivity contribution in [3.8, 4) is 10.6 Å². The van der Waals surface area contributed by atoms with Gasteiger partial charge in [-0.2, -0.15) is 4.98 Å². The molecule has 0 bridgehead atoms. The molecule has 8 nitrogen and oxygen atoms in total. The number of nitrogens with one attached hydrogen (secondary N) is 1. The molecule has 0 saturated carbocycles. The van der Waals surface area contributed by atoms with Gasteiger partial charge < -0.3 is 20.4 Å². The van der Waals surface area contributed by atoms with Gasteiger partial charge in [0.1, 0.15) is 28.0 Å². The minimum Gasteiger partial charge on any atom is -0.396 e. The number of aliphatic hydroxyl groups excluding tert-OH is 2. The molecule has 0 spiro atoms. The number of fused-ring (bicyclic) bond motifs is 1. The molecule has 1 aromatic carbocycles. The van der Waals surface area contributed by atoms with E-state index in [0.717, 1.165) is 15.9 Å². The van der Waals surface area contributed by atoms with E-state index < -0.39 is 17.7 Å². The van der Waals surface area contributed by atoms with Gasteiger partial charge in [0.2, 0.25) is 5.95 Å². The lowest BCUT2D eigenvalue weighted by molar-refractivity contribution is 0.0742. The molecule has 3 aromatic heterocycles. The lowest BCUT2D eigenvalue weighted by Gasteiger charge is -2.23. The van der Waals surface area contributed by atoms with Crippen LogP contribution in [0.3, 0.4) is 0 Å². The summed E-state index contributed by atoms with van der Waals surface area (Å²) < 4.78 is 29.5. The number of hydrogen-bond donors (Lipinski definition) is 3. The molecule has 2 atom stereocenters. The summed E-state index contributed by atoms with van der Waals surface area (Å²) in [5, 5.41) is 24.1. The minimum absolute atomic E-state index is 0.0756. The van der Waals surface area contributed by atoms with Crippen LogP contribution in [0.5, 0.6) is 0 Å². The van der Waals surface area contributed by atoms with Gasteiger partial charge in [0.05, 0.1) is 34.3 Å². The van der Waals surface area contributed by atoms with Crippen LogP contribution in [0.1, 0.15) is 30.3 Å². The van der Waals surface area contributed by atoms with Crippen molar-refractivity contribution < 1.29 is 19.0 Å². The molecule has 0 aliphatic rings. The summed E-state index contributed by atoms with van der Waals surface area (Å²) in [5.74, 6) is -0.889. The number of hydrogen-bond acceptors (Lipinski definition) is 9. The summed E-state index contributed by atoms with van der Waals surface area (Å²) in [6.07, 6.45) is 1.54. The first kappa shape index (κ1) is 26.8. The molecule has 3 heterocycles. The Bertz CT molecular complexity index is 1380. The van der Waals surface area contributed by atoms with E-state index in [1.54, 1.807) is 18.1 Å². The Morgan fingerprint density at radius 3 is 2.46 bits per heavy atom. The van der Waals surface area contributed by atoms with E-state index >= 15 is 0 Å². The van der Waals surface area contributed by atoms with E-state index in [1.807, 2.05) is 26.8 Å². The van der Waals surface area contributed by atoms with Crippen molar-refractivity contribution in [1.29, 1.82) is 0 Å². The number of pyridine rings is 1. The molecule has 0 radical (unpaired) electrons. The summed E-state index contributed by atoms with van der Waals surface area (Å²) in [6, 6.07) is 5.65. The number of benzene rings is 1. The molecule has 3 N–H and O–H groups in total. The molecule has 4 rings (SSSR count). The number of aryl methyl sites for hydroxylation is 2. The predicted octanol–water partition coefficient (Wildman–Crippen LogP) is 4.47. The van der Waals surface area contributed by atoms with Crippen molar-refractivity contribution in [2.45, 2.75) is 39.8 Å². The van der Waals surface area contributed by atoms with Crippen LogP contribution in [0, 0.1) is 31.4 Å². The average Bonchev–Trinajstić information content (AvgIpc) is 3.30. The molecular formula is C26H30F2N6O2S. The van der Waals surface area contributed by atoms with Gasteiger partial charge in [0.25, 0.3) is 0 Å². The predicted molar refractivity (Wildman–Crippen MR) is 142 cm³/mol. The molecule has 0 saturated heterocycles. The first-order chi connectivity index (χ1) is 17.7. The molecule has 11 heteroatoms. The minimum atomic E-state index is -0.811. The van der Waals surface area contributed by atoms with Gasteiger partial charge in [-0.05, 0) is 38.5 Å². The second kappa shape index (κ2) is 11.4. The number of aliphatic hydroxyl groups is 2. The van der Waals surface area contributed by atoms with Crippen LogP contribution in [-0.4, -0.2) is 56.5 Å². The van der Waals surface area contributed by atoms with Gasteiger partial charge in [-0.15, -0.1) is 11.3 Å². The van der Waals surface area contributed by atoms with Crippen LogP contribution in [0.15, 0.2) is 30.5 Å². The zero-order valence-corrected chi connectivity index (χ0v) is 22.0. The van der Waals surface area contributed by atoms with Crippen LogP contribution in [0.2, 0.25) is 0 Å². The fraction of sp³-hybridized carbons (Fsp3) is 0.385. The van der Waals surface area contributed by atoms with E-state index in [1.165, 1.54) is 29.5 Å². The van der Waals surface area contributed by atoms with Crippen molar-refractivity contribution in [2.75, 3.05) is 30.4 Å². The molecule has 4 aromatic rings. The zero-order chi connectivity index (χ0) is 26.7. The van der Waals surface area contributed by atoms with Crippen molar-refractivity contribution in [2.24, 2.45) is 5.92 Å². The van der Waals surface area contributed by atoms with Crippen LogP contribution < -0.4 is 10.2 Å².